The first-order chi connectivity index (χ1) is 5.74. The molecule has 0 heterocycles. The largest absolute Gasteiger partial charge is 0.294 e. The lowest BCUT2D eigenvalue weighted by molar-refractivity contribution is -0.115. The van der Waals surface area contributed by atoms with Gasteiger partial charge in [0.05, 0.1) is 0 Å². The molecule has 0 amide bonds. The molecular formula is C11H16O. The molecule has 0 saturated carbocycles. The van der Waals surface area contributed by atoms with E-state index in [1.54, 1.807) is 6.08 Å². The van der Waals surface area contributed by atoms with E-state index in [0.29, 0.717) is 6.42 Å². The molecule has 1 aliphatic carbocycles. The van der Waals surface area contributed by atoms with Gasteiger partial charge in [0.25, 0.3) is 0 Å². The van der Waals surface area contributed by atoms with Crippen LogP contribution in [0.2, 0.25) is 0 Å². The molecule has 0 aliphatic heterocycles. The van der Waals surface area contributed by atoms with Gasteiger partial charge in [0.2, 0.25) is 0 Å². The van der Waals surface area contributed by atoms with E-state index >= 15 is 0 Å². The Morgan fingerprint density at radius 2 is 2.58 bits per heavy atom. The lowest BCUT2D eigenvalue weighted by Gasteiger charge is -2.16. The minimum absolute atomic E-state index is 0.261. The summed E-state index contributed by atoms with van der Waals surface area (Å²) in [5.74, 6) is 1.02. The third kappa shape index (κ3) is 2.33. The average Bonchev–Trinajstić information content (AvgIpc) is 2.06. The minimum atomic E-state index is 0.261. The first-order valence-corrected chi connectivity index (χ1v) is 4.57. The number of rotatable bonds is 3. The summed E-state index contributed by atoms with van der Waals surface area (Å²) < 4.78 is 0. The highest BCUT2D eigenvalue weighted by molar-refractivity contribution is 5.96. The predicted octanol–water partition coefficient (Wildman–Crippen LogP) is 2.88. The molecule has 1 atom stereocenters. The Morgan fingerprint density at radius 1 is 1.83 bits per heavy atom. The van der Waals surface area contributed by atoms with Crippen molar-refractivity contribution in [3.63, 3.8) is 0 Å². The number of carbonyl (C=O) groups excluding carboxylic acids is 1. The number of allylic oxidation sites excluding steroid dienone is 3. The molecule has 0 fully saturated rings. The van der Waals surface area contributed by atoms with Gasteiger partial charge in [-0.1, -0.05) is 19.1 Å². The second-order valence-corrected chi connectivity index (χ2v) is 3.52. The van der Waals surface area contributed by atoms with E-state index in [4.69, 9.17) is 0 Å². The van der Waals surface area contributed by atoms with Gasteiger partial charge in [-0.3, -0.25) is 4.79 Å². The monoisotopic (exact) mass is 164 g/mol. The zero-order valence-corrected chi connectivity index (χ0v) is 7.68. The number of Topliss-reactive ketones (excluding diaryl/α,β-unsaturated/α-hetero) is 1. The second kappa shape index (κ2) is 4.24. The van der Waals surface area contributed by atoms with Crippen molar-refractivity contribution in [2.45, 2.75) is 32.6 Å². The van der Waals surface area contributed by atoms with Gasteiger partial charge < -0.3 is 0 Å². The van der Waals surface area contributed by atoms with Crippen molar-refractivity contribution in [2.24, 2.45) is 5.92 Å². The van der Waals surface area contributed by atoms with Gasteiger partial charge in [-0.2, -0.15) is 0 Å². The average molecular weight is 164 g/mol. The molecule has 0 aromatic rings. The standard InChI is InChI=1S/C11H16O/c1-3-4-11(12)10-7-5-9(2)6-8-10/h3,7,9H,1,4-6,8H2,2H3. The van der Waals surface area contributed by atoms with Crippen molar-refractivity contribution in [1.82, 2.24) is 0 Å². The van der Waals surface area contributed by atoms with Crippen molar-refractivity contribution >= 4 is 5.78 Å². The van der Waals surface area contributed by atoms with Gasteiger partial charge in [-0.15, -0.1) is 6.58 Å². The Kier molecular flexibility index (Phi) is 3.27. The van der Waals surface area contributed by atoms with Crippen molar-refractivity contribution in [3.05, 3.63) is 24.3 Å². The fraction of sp³-hybridized carbons (Fsp3) is 0.545. The quantitative estimate of drug-likeness (QED) is 0.586. The Bertz CT molecular complexity index is 213. The van der Waals surface area contributed by atoms with Crippen molar-refractivity contribution in [1.29, 1.82) is 0 Å². The van der Waals surface area contributed by atoms with E-state index in [2.05, 4.69) is 19.6 Å². The van der Waals surface area contributed by atoms with Gasteiger partial charge in [0.1, 0.15) is 0 Å². The fourth-order valence-corrected chi connectivity index (χ4v) is 1.48. The number of carbonyl (C=O) groups is 1. The molecule has 0 spiro atoms. The molecule has 0 aromatic carbocycles. The molecule has 0 N–H and O–H groups in total. The number of ketones is 1. The van der Waals surface area contributed by atoms with Crippen molar-refractivity contribution in [2.75, 3.05) is 0 Å². The van der Waals surface area contributed by atoms with Crippen LogP contribution in [0, 0.1) is 5.92 Å². The molecule has 0 radical (unpaired) electrons. The molecule has 1 rings (SSSR count). The smallest absolute Gasteiger partial charge is 0.162 e. The van der Waals surface area contributed by atoms with Crippen LogP contribution in [0.4, 0.5) is 0 Å². The molecule has 0 aromatic heterocycles. The minimum Gasteiger partial charge on any atom is -0.294 e. The Morgan fingerprint density at radius 3 is 3.08 bits per heavy atom. The van der Waals surface area contributed by atoms with Crippen molar-refractivity contribution in [3.8, 4) is 0 Å². The van der Waals surface area contributed by atoms with E-state index in [9.17, 15) is 4.79 Å². The summed E-state index contributed by atoms with van der Waals surface area (Å²) in [6.45, 7) is 5.79. The van der Waals surface area contributed by atoms with Crippen LogP contribution in [0.25, 0.3) is 0 Å². The Labute approximate surface area is 74.2 Å². The summed E-state index contributed by atoms with van der Waals surface area (Å²) in [5, 5.41) is 0. The lowest BCUT2D eigenvalue weighted by atomic mass is 9.88. The van der Waals surface area contributed by atoms with Crippen LogP contribution in [0.5, 0.6) is 0 Å². The van der Waals surface area contributed by atoms with Crippen LogP contribution in [0.1, 0.15) is 32.6 Å². The fourth-order valence-electron chi connectivity index (χ4n) is 1.48. The van der Waals surface area contributed by atoms with E-state index in [-0.39, 0.29) is 5.78 Å². The first kappa shape index (κ1) is 9.24. The summed E-state index contributed by atoms with van der Waals surface area (Å²) in [4.78, 5) is 11.4. The van der Waals surface area contributed by atoms with E-state index < -0.39 is 0 Å². The highest BCUT2D eigenvalue weighted by Crippen LogP contribution is 2.23. The summed E-state index contributed by atoms with van der Waals surface area (Å²) in [7, 11) is 0. The molecule has 12 heavy (non-hydrogen) atoms. The predicted molar refractivity (Wildman–Crippen MR) is 50.9 cm³/mol. The van der Waals surface area contributed by atoms with Crippen molar-refractivity contribution < 1.29 is 4.79 Å². The zero-order chi connectivity index (χ0) is 8.97. The van der Waals surface area contributed by atoms with Crippen LogP contribution in [-0.2, 0) is 4.79 Å². The van der Waals surface area contributed by atoms with E-state index in [1.807, 2.05) is 0 Å². The van der Waals surface area contributed by atoms with Gasteiger partial charge in [-0.05, 0) is 30.8 Å². The van der Waals surface area contributed by atoms with Crippen LogP contribution in [-0.4, -0.2) is 5.78 Å². The molecule has 1 nitrogen and oxygen atoms in total. The number of hydrogen-bond donors (Lipinski definition) is 0. The van der Waals surface area contributed by atoms with Crippen LogP contribution in [0.3, 0.4) is 0 Å². The van der Waals surface area contributed by atoms with Gasteiger partial charge in [0.15, 0.2) is 5.78 Å². The highest BCUT2D eigenvalue weighted by Gasteiger charge is 2.14. The normalized spacial score (nSPS) is 23.1. The topological polar surface area (TPSA) is 17.1 Å². The second-order valence-electron chi connectivity index (χ2n) is 3.52. The van der Waals surface area contributed by atoms with Crippen LogP contribution < -0.4 is 0 Å². The van der Waals surface area contributed by atoms with Crippen LogP contribution in [0.15, 0.2) is 24.3 Å². The molecule has 0 bridgehead atoms. The summed E-state index contributed by atoms with van der Waals surface area (Å²) in [6, 6.07) is 0. The number of hydrogen-bond acceptors (Lipinski definition) is 1. The first-order valence-electron chi connectivity index (χ1n) is 4.57. The summed E-state index contributed by atoms with van der Waals surface area (Å²) in [5.41, 5.74) is 1.02. The SMILES string of the molecule is C=CCC(=O)C1=CCC(C)CC1. The Hall–Kier alpha value is -0.850. The molecule has 1 heteroatoms. The van der Waals surface area contributed by atoms with E-state index in [0.717, 1.165) is 30.8 Å². The molecule has 1 aliphatic rings. The highest BCUT2D eigenvalue weighted by atomic mass is 16.1. The maximum absolute atomic E-state index is 11.4. The summed E-state index contributed by atoms with van der Waals surface area (Å²) >= 11 is 0. The maximum atomic E-state index is 11.4. The lowest BCUT2D eigenvalue weighted by Crippen LogP contribution is -2.08. The Balaban J connectivity index is 2.52. The van der Waals surface area contributed by atoms with Gasteiger partial charge >= 0.3 is 0 Å². The molecular weight excluding hydrogens is 148 g/mol. The maximum Gasteiger partial charge on any atom is 0.162 e. The van der Waals surface area contributed by atoms with Gasteiger partial charge in [-0.25, -0.2) is 0 Å². The third-order valence-corrected chi connectivity index (χ3v) is 2.36. The molecule has 1 unspecified atom stereocenters. The van der Waals surface area contributed by atoms with E-state index in [1.165, 1.54) is 0 Å². The van der Waals surface area contributed by atoms with Gasteiger partial charge in [0, 0.05) is 6.42 Å². The summed E-state index contributed by atoms with van der Waals surface area (Å²) in [6.07, 6.45) is 7.47. The molecule has 0 saturated heterocycles. The zero-order valence-electron chi connectivity index (χ0n) is 7.68. The third-order valence-electron chi connectivity index (χ3n) is 2.36. The molecule has 66 valence electrons. The van der Waals surface area contributed by atoms with Crippen LogP contribution >= 0.6 is 0 Å².